The smallest absolute Gasteiger partial charge is 0.216 e. The lowest BCUT2D eigenvalue weighted by atomic mass is 9.92. The molecule has 0 N–H and O–H groups in total. The molecule has 2 heterocycles. The largest absolute Gasteiger partial charge is 0.472 e. The van der Waals surface area contributed by atoms with Crippen LogP contribution < -0.4 is 4.74 Å². The van der Waals surface area contributed by atoms with Gasteiger partial charge in [-0.2, -0.15) is 0 Å². The average Bonchev–Trinajstić information content (AvgIpc) is 2.70. The summed E-state index contributed by atoms with van der Waals surface area (Å²) in [4.78, 5) is 8.39. The Bertz CT molecular complexity index is 354. The van der Waals surface area contributed by atoms with Crippen molar-refractivity contribution < 1.29 is 9.47 Å². The Hall–Kier alpha value is -1.16. The van der Waals surface area contributed by atoms with Crippen LogP contribution in [0.2, 0.25) is 0 Å². The Labute approximate surface area is 96.0 Å². The van der Waals surface area contributed by atoms with Gasteiger partial charge < -0.3 is 9.47 Å². The summed E-state index contributed by atoms with van der Waals surface area (Å²) in [6.45, 7) is 7.81. The maximum absolute atomic E-state index is 5.74. The zero-order valence-electron chi connectivity index (χ0n) is 10.1. The summed E-state index contributed by atoms with van der Waals surface area (Å²) in [5, 5.41) is 0. The van der Waals surface area contributed by atoms with E-state index in [1.54, 1.807) is 6.33 Å². The summed E-state index contributed by atoms with van der Waals surface area (Å²) >= 11 is 0. The van der Waals surface area contributed by atoms with E-state index in [9.17, 15) is 0 Å². The minimum absolute atomic E-state index is 0.0211. The summed E-state index contributed by atoms with van der Waals surface area (Å²) in [6.07, 6.45) is 2.64. The topological polar surface area (TPSA) is 44.2 Å². The summed E-state index contributed by atoms with van der Waals surface area (Å²) in [5.74, 6) is 0.649. The highest BCUT2D eigenvalue weighted by molar-refractivity contribution is 5.19. The fourth-order valence-electron chi connectivity index (χ4n) is 1.59. The van der Waals surface area contributed by atoms with E-state index in [0.29, 0.717) is 12.5 Å². The van der Waals surface area contributed by atoms with Crippen molar-refractivity contribution in [2.24, 2.45) is 0 Å². The summed E-state index contributed by atoms with van der Waals surface area (Å²) < 4.78 is 11.0. The predicted octanol–water partition coefficient (Wildman–Crippen LogP) is 1.94. The van der Waals surface area contributed by atoms with Gasteiger partial charge in [0, 0.05) is 17.9 Å². The zero-order chi connectivity index (χ0) is 11.6. The van der Waals surface area contributed by atoms with Crippen LogP contribution in [-0.4, -0.2) is 29.3 Å². The summed E-state index contributed by atoms with van der Waals surface area (Å²) in [5.41, 5.74) is 1.02. The van der Waals surface area contributed by atoms with Crippen LogP contribution in [0.15, 0.2) is 12.4 Å². The van der Waals surface area contributed by atoms with Crippen LogP contribution in [0.1, 0.15) is 32.9 Å². The lowest BCUT2D eigenvalue weighted by Gasteiger charge is -2.18. The minimum atomic E-state index is 0.0211. The van der Waals surface area contributed by atoms with Gasteiger partial charge in [0.2, 0.25) is 5.88 Å². The Balaban J connectivity index is 2.09. The van der Waals surface area contributed by atoms with Crippen LogP contribution in [0.4, 0.5) is 0 Å². The number of hydrogen-bond acceptors (Lipinski definition) is 4. The molecule has 4 heteroatoms. The Morgan fingerprint density at radius 2 is 2.19 bits per heavy atom. The Morgan fingerprint density at radius 3 is 2.81 bits per heavy atom. The second-order valence-corrected chi connectivity index (χ2v) is 5.09. The third-order valence-corrected chi connectivity index (χ3v) is 2.59. The molecule has 1 aliphatic heterocycles. The molecule has 0 amide bonds. The van der Waals surface area contributed by atoms with E-state index in [1.807, 2.05) is 6.07 Å². The molecule has 1 aromatic rings. The van der Waals surface area contributed by atoms with Gasteiger partial charge in [-0.05, 0) is 0 Å². The van der Waals surface area contributed by atoms with E-state index in [0.717, 1.165) is 18.7 Å². The summed E-state index contributed by atoms with van der Waals surface area (Å²) in [7, 11) is 0. The molecular formula is C12H18N2O2. The van der Waals surface area contributed by atoms with Gasteiger partial charge in [-0.25, -0.2) is 9.97 Å². The molecule has 4 nitrogen and oxygen atoms in total. The lowest BCUT2D eigenvalue weighted by Crippen LogP contribution is -2.18. The van der Waals surface area contributed by atoms with E-state index >= 15 is 0 Å². The van der Waals surface area contributed by atoms with Crippen molar-refractivity contribution in [2.45, 2.75) is 38.7 Å². The molecule has 0 bridgehead atoms. The maximum atomic E-state index is 5.74. The second-order valence-electron chi connectivity index (χ2n) is 5.09. The third-order valence-electron chi connectivity index (χ3n) is 2.59. The average molecular weight is 222 g/mol. The van der Waals surface area contributed by atoms with Crippen molar-refractivity contribution in [1.82, 2.24) is 9.97 Å². The predicted molar refractivity (Wildman–Crippen MR) is 60.6 cm³/mol. The minimum Gasteiger partial charge on any atom is -0.472 e. The Morgan fingerprint density at radius 1 is 1.38 bits per heavy atom. The molecule has 0 radical (unpaired) electrons. The van der Waals surface area contributed by atoms with Gasteiger partial charge in [0.05, 0.1) is 18.9 Å². The van der Waals surface area contributed by atoms with E-state index in [2.05, 4.69) is 30.7 Å². The molecule has 16 heavy (non-hydrogen) atoms. The van der Waals surface area contributed by atoms with Gasteiger partial charge in [0.25, 0.3) is 0 Å². The number of nitrogens with zero attached hydrogens (tertiary/aromatic N) is 2. The molecule has 1 saturated heterocycles. The van der Waals surface area contributed by atoms with Crippen LogP contribution in [0.3, 0.4) is 0 Å². The van der Waals surface area contributed by atoms with Gasteiger partial charge in [0.15, 0.2) is 0 Å². The highest BCUT2D eigenvalue weighted by Gasteiger charge is 2.20. The first kappa shape index (κ1) is 11.3. The standard InChI is InChI=1S/C12H18N2O2/c1-12(2,3)10-6-11(14-8-13-10)16-9-4-5-15-7-9/h6,8-9H,4-5,7H2,1-3H3/t9-/m0/s1. The highest BCUT2D eigenvalue weighted by atomic mass is 16.5. The normalized spacial score (nSPS) is 21.1. The molecule has 0 unspecified atom stereocenters. The fourth-order valence-corrected chi connectivity index (χ4v) is 1.59. The van der Waals surface area contributed by atoms with Crippen LogP contribution in [-0.2, 0) is 10.2 Å². The molecule has 88 valence electrons. The quantitative estimate of drug-likeness (QED) is 0.767. The van der Waals surface area contributed by atoms with Crippen molar-refractivity contribution in [3.05, 3.63) is 18.1 Å². The third kappa shape index (κ3) is 2.70. The first-order valence-electron chi connectivity index (χ1n) is 5.62. The molecule has 1 aromatic heterocycles. The van der Waals surface area contributed by atoms with Gasteiger partial charge in [-0.1, -0.05) is 20.8 Å². The van der Waals surface area contributed by atoms with Crippen molar-refractivity contribution in [1.29, 1.82) is 0 Å². The van der Waals surface area contributed by atoms with E-state index < -0.39 is 0 Å². The van der Waals surface area contributed by atoms with E-state index in [1.165, 1.54) is 0 Å². The fraction of sp³-hybridized carbons (Fsp3) is 0.667. The molecule has 0 spiro atoms. The van der Waals surface area contributed by atoms with E-state index in [4.69, 9.17) is 9.47 Å². The van der Waals surface area contributed by atoms with Crippen LogP contribution in [0.25, 0.3) is 0 Å². The number of ether oxygens (including phenoxy) is 2. The van der Waals surface area contributed by atoms with Gasteiger partial charge >= 0.3 is 0 Å². The number of rotatable bonds is 2. The van der Waals surface area contributed by atoms with E-state index in [-0.39, 0.29) is 11.5 Å². The zero-order valence-corrected chi connectivity index (χ0v) is 10.1. The van der Waals surface area contributed by atoms with Crippen molar-refractivity contribution in [2.75, 3.05) is 13.2 Å². The second kappa shape index (κ2) is 4.37. The molecular weight excluding hydrogens is 204 g/mol. The highest BCUT2D eigenvalue weighted by Crippen LogP contribution is 2.23. The maximum Gasteiger partial charge on any atom is 0.216 e. The van der Waals surface area contributed by atoms with Crippen LogP contribution in [0.5, 0.6) is 5.88 Å². The van der Waals surface area contributed by atoms with Crippen molar-refractivity contribution in [3.63, 3.8) is 0 Å². The molecule has 2 rings (SSSR count). The number of hydrogen-bond donors (Lipinski definition) is 0. The molecule has 0 saturated carbocycles. The first-order chi connectivity index (χ1) is 7.55. The SMILES string of the molecule is CC(C)(C)c1cc(O[C@H]2CCOC2)ncn1. The summed E-state index contributed by atoms with van der Waals surface area (Å²) in [6, 6.07) is 1.92. The van der Waals surface area contributed by atoms with Gasteiger partial charge in [-0.15, -0.1) is 0 Å². The molecule has 1 fully saturated rings. The molecule has 0 aliphatic carbocycles. The number of aromatic nitrogens is 2. The molecule has 0 aromatic carbocycles. The van der Waals surface area contributed by atoms with Gasteiger partial charge in [0.1, 0.15) is 12.4 Å². The van der Waals surface area contributed by atoms with Crippen molar-refractivity contribution in [3.8, 4) is 5.88 Å². The molecule has 1 aliphatic rings. The van der Waals surface area contributed by atoms with Crippen LogP contribution in [0, 0.1) is 0 Å². The molecule has 1 atom stereocenters. The first-order valence-corrected chi connectivity index (χ1v) is 5.62. The van der Waals surface area contributed by atoms with Gasteiger partial charge in [-0.3, -0.25) is 0 Å². The monoisotopic (exact) mass is 222 g/mol. The van der Waals surface area contributed by atoms with Crippen LogP contribution >= 0.6 is 0 Å². The van der Waals surface area contributed by atoms with Crippen molar-refractivity contribution >= 4 is 0 Å². The lowest BCUT2D eigenvalue weighted by molar-refractivity contribution is 0.137. The Kier molecular flexibility index (Phi) is 3.10.